The Kier molecular flexibility index (Phi) is 2.95. The molecule has 1 N–H and O–H groups in total. The Morgan fingerprint density at radius 2 is 1.71 bits per heavy atom. The molecule has 0 spiro atoms. The molecule has 122 valence electrons. The molecular weight excluding hydrogens is 328 g/mol. The van der Waals surface area contributed by atoms with Gasteiger partial charge in [-0.05, 0) is 30.3 Å². The first kappa shape index (κ1) is 14.7. The van der Waals surface area contributed by atoms with Gasteiger partial charge in [-0.1, -0.05) is 12.1 Å². The van der Waals surface area contributed by atoms with Crippen LogP contribution in [0.15, 0.2) is 56.6 Å². The SMILES string of the molecule is Cn1c(=O)n(C)c2cc(NC3=NS(=O)(=O)c4ccccc43)ccc21. The number of sulfonamides is 1. The predicted octanol–water partition coefficient (Wildman–Crippen LogP) is 1.44. The first-order chi connectivity index (χ1) is 11.4. The summed E-state index contributed by atoms with van der Waals surface area (Å²) < 4.78 is 31.1. The number of hydrogen-bond acceptors (Lipinski definition) is 4. The lowest BCUT2D eigenvalue weighted by Crippen LogP contribution is -2.19. The molecule has 0 bridgehead atoms. The maximum Gasteiger partial charge on any atom is 0.328 e. The average molecular weight is 342 g/mol. The van der Waals surface area contributed by atoms with Crippen LogP contribution in [0.2, 0.25) is 0 Å². The third-order valence-electron chi connectivity index (χ3n) is 4.17. The first-order valence-corrected chi connectivity index (χ1v) is 8.69. The fraction of sp³-hybridized carbons (Fsp3) is 0.125. The van der Waals surface area contributed by atoms with Crippen LogP contribution >= 0.6 is 0 Å². The van der Waals surface area contributed by atoms with Crippen molar-refractivity contribution in [1.82, 2.24) is 9.13 Å². The van der Waals surface area contributed by atoms with E-state index in [4.69, 9.17) is 0 Å². The van der Waals surface area contributed by atoms with Crippen molar-refractivity contribution in [3.8, 4) is 0 Å². The van der Waals surface area contributed by atoms with Gasteiger partial charge in [0.05, 0.1) is 11.0 Å². The molecule has 0 saturated heterocycles. The van der Waals surface area contributed by atoms with Gasteiger partial charge in [-0.2, -0.15) is 8.42 Å². The van der Waals surface area contributed by atoms with Crippen LogP contribution in [0.4, 0.5) is 5.69 Å². The number of aryl methyl sites for hydroxylation is 2. The van der Waals surface area contributed by atoms with Crippen molar-refractivity contribution in [2.24, 2.45) is 18.5 Å². The van der Waals surface area contributed by atoms with Crippen molar-refractivity contribution in [2.45, 2.75) is 4.90 Å². The highest BCUT2D eigenvalue weighted by Crippen LogP contribution is 2.27. The summed E-state index contributed by atoms with van der Waals surface area (Å²) in [6.45, 7) is 0. The van der Waals surface area contributed by atoms with E-state index in [9.17, 15) is 13.2 Å². The number of imidazole rings is 1. The number of fused-ring (bicyclic) bond motifs is 2. The fourth-order valence-corrected chi connectivity index (χ4v) is 4.09. The average Bonchev–Trinajstić information content (AvgIpc) is 2.95. The fourth-order valence-electron chi connectivity index (χ4n) is 2.92. The maximum atomic E-state index is 12.1. The molecular formula is C16H14N4O3S. The number of nitrogens with zero attached hydrogens (tertiary/aromatic N) is 3. The molecule has 2 heterocycles. The van der Waals surface area contributed by atoms with E-state index in [-0.39, 0.29) is 16.4 Å². The van der Waals surface area contributed by atoms with E-state index in [0.29, 0.717) is 11.3 Å². The summed E-state index contributed by atoms with van der Waals surface area (Å²) in [5.41, 5.74) is 2.64. The lowest BCUT2D eigenvalue weighted by molar-refractivity contribution is 0.599. The van der Waals surface area contributed by atoms with E-state index in [1.165, 1.54) is 6.07 Å². The van der Waals surface area contributed by atoms with Crippen molar-refractivity contribution in [2.75, 3.05) is 5.32 Å². The number of rotatable bonds is 1. The Morgan fingerprint density at radius 1 is 1.00 bits per heavy atom. The summed E-state index contributed by atoms with van der Waals surface area (Å²) >= 11 is 0. The van der Waals surface area contributed by atoms with Gasteiger partial charge in [0.1, 0.15) is 4.90 Å². The second-order valence-electron chi connectivity index (χ2n) is 5.64. The Hall–Kier alpha value is -2.87. The van der Waals surface area contributed by atoms with Crippen LogP contribution in [0.1, 0.15) is 5.56 Å². The van der Waals surface area contributed by atoms with Gasteiger partial charge in [0.15, 0.2) is 5.84 Å². The van der Waals surface area contributed by atoms with Gasteiger partial charge in [0, 0.05) is 25.3 Å². The number of nitrogens with one attached hydrogen (secondary N) is 1. The van der Waals surface area contributed by atoms with Gasteiger partial charge < -0.3 is 5.32 Å². The monoisotopic (exact) mass is 342 g/mol. The van der Waals surface area contributed by atoms with E-state index < -0.39 is 10.0 Å². The highest BCUT2D eigenvalue weighted by molar-refractivity contribution is 7.90. The molecule has 0 atom stereocenters. The second kappa shape index (κ2) is 4.81. The van der Waals surface area contributed by atoms with Crippen LogP contribution in [0.5, 0.6) is 0 Å². The van der Waals surface area contributed by atoms with Crippen LogP contribution < -0.4 is 11.0 Å². The van der Waals surface area contributed by atoms with Gasteiger partial charge in [0.25, 0.3) is 10.0 Å². The normalized spacial score (nSPS) is 15.3. The van der Waals surface area contributed by atoms with Crippen LogP contribution in [-0.4, -0.2) is 23.4 Å². The molecule has 3 aromatic rings. The Morgan fingerprint density at radius 3 is 2.50 bits per heavy atom. The van der Waals surface area contributed by atoms with Crippen LogP contribution in [-0.2, 0) is 24.1 Å². The van der Waals surface area contributed by atoms with Crippen molar-refractivity contribution in [3.05, 3.63) is 58.5 Å². The van der Waals surface area contributed by atoms with E-state index >= 15 is 0 Å². The van der Waals surface area contributed by atoms with Crippen LogP contribution in [0.25, 0.3) is 11.0 Å². The molecule has 7 nitrogen and oxygen atoms in total. The number of amidine groups is 1. The molecule has 8 heteroatoms. The molecule has 1 aliphatic rings. The second-order valence-corrected chi connectivity index (χ2v) is 7.21. The minimum atomic E-state index is -3.66. The number of aromatic nitrogens is 2. The number of anilines is 1. The van der Waals surface area contributed by atoms with Crippen LogP contribution in [0.3, 0.4) is 0 Å². The largest absolute Gasteiger partial charge is 0.339 e. The minimum Gasteiger partial charge on any atom is -0.339 e. The molecule has 0 aliphatic carbocycles. The van der Waals surface area contributed by atoms with Gasteiger partial charge in [-0.15, -0.1) is 4.40 Å². The highest BCUT2D eigenvalue weighted by Gasteiger charge is 2.28. The molecule has 0 radical (unpaired) electrons. The summed E-state index contributed by atoms with van der Waals surface area (Å²) in [6.07, 6.45) is 0. The Balaban J connectivity index is 1.81. The third kappa shape index (κ3) is 2.00. The molecule has 0 saturated carbocycles. The number of benzene rings is 2. The zero-order chi connectivity index (χ0) is 17.1. The number of hydrogen-bond donors (Lipinski definition) is 1. The summed E-state index contributed by atoms with van der Waals surface area (Å²) in [6, 6.07) is 12.1. The highest BCUT2D eigenvalue weighted by atomic mass is 32.2. The van der Waals surface area contributed by atoms with E-state index in [1.54, 1.807) is 53.6 Å². The van der Waals surface area contributed by atoms with Gasteiger partial charge in [-0.25, -0.2) is 4.79 Å². The summed E-state index contributed by atoms with van der Waals surface area (Å²) in [7, 11) is -0.256. The van der Waals surface area contributed by atoms with Crippen molar-refractivity contribution >= 4 is 32.6 Å². The maximum absolute atomic E-state index is 12.1. The van der Waals surface area contributed by atoms with Gasteiger partial charge in [0.2, 0.25) is 0 Å². The zero-order valence-electron chi connectivity index (χ0n) is 13.0. The lowest BCUT2D eigenvalue weighted by atomic mass is 10.2. The van der Waals surface area contributed by atoms with Crippen LogP contribution in [0, 0.1) is 0 Å². The van der Waals surface area contributed by atoms with Crippen molar-refractivity contribution < 1.29 is 8.42 Å². The predicted molar refractivity (Wildman–Crippen MR) is 91.9 cm³/mol. The van der Waals surface area contributed by atoms with Gasteiger partial charge >= 0.3 is 5.69 Å². The standard InChI is InChI=1S/C16H14N4O3S/c1-19-12-8-7-10(9-13(12)20(2)16(19)21)17-15-11-5-3-4-6-14(11)24(22,23)18-15/h3-9H,1-2H3,(H,17,18). The zero-order valence-corrected chi connectivity index (χ0v) is 13.8. The van der Waals surface area contributed by atoms with E-state index in [0.717, 1.165) is 11.0 Å². The molecule has 24 heavy (non-hydrogen) atoms. The molecule has 0 fully saturated rings. The Bertz CT molecular complexity index is 1190. The van der Waals surface area contributed by atoms with E-state index in [2.05, 4.69) is 9.71 Å². The molecule has 0 amide bonds. The first-order valence-electron chi connectivity index (χ1n) is 7.25. The summed E-state index contributed by atoms with van der Waals surface area (Å²) in [5.74, 6) is 0.283. The molecule has 1 aliphatic heterocycles. The smallest absolute Gasteiger partial charge is 0.328 e. The molecule has 1 aromatic heterocycles. The third-order valence-corrected chi connectivity index (χ3v) is 5.50. The Labute approximate surface area is 137 Å². The van der Waals surface area contributed by atoms with Crippen molar-refractivity contribution in [3.63, 3.8) is 0 Å². The lowest BCUT2D eigenvalue weighted by Gasteiger charge is -2.07. The molecule has 4 rings (SSSR count). The van der Waals surface area contributed by atoms with Gasteiger partial charge in [-0.3, -0.25) is 9.13 Å². The minimum absolute atomic E-state index is 0.117. The summed E-state index contributed by atoms with van der Waals surface area (Å²) in [5, 5.41) is 3.05. The van der Waals surface area contributed by atoms with Crippen molar-refractivity contribution in [1.29, 1.82) is 0 Å². The summed E-state index contributed by atoms with van der Waals surface area (Å²) in [4.78, 5) is 12.2. The molecule has 0 unspecified atom stereocenters. The van der Waals surface area contributed by atoms with E-state index in [1.807, 2.05) is 6.07 Å². The molecule has 2 aromatic carbocycles. The quantitative estimate of drug-likeness (QED) is 0.725. The topological polar surface area (TPSA) is 85.5 Å².